The first-order valence-electron chi connectivity index (χ1n) is 11.2. The van der Waals surface area contributed by atoms with Gasteiger partial charge in [0.25, 0.3) is 10.0 Å². The fourth-order valence-electron chi connectivity index (χ4n) is 3.83. The summed E-state index contributed by atoms with van der Waals surface area (Å²) in [4.78, 5) is -0.368. The van der Waals surface area contributed by atoms with Crippen molar-refractivity contribution in [3.05, 3.63) is 107 Å². The minimum atomic E-state index is -5.25. The molecule has 0 aliphatic carbocycles. The molecule has 40 heavy (non-hydrogen) atoms. The Morgan fingerprint density at radius 3 is 1.70 bits per heavy atom. The largest absolute Gasteiger partial charge is 0.452 e. The highest BCUT2D eigenvalue weighted by molar-refractivity contribution is 7.90. The molecular weight excluding hydrogens is 580 g/mol. The summed E-state index contributed by atoms with van der Waals surface area (Å²) in [6.07, 6.45) is -10.5. The normalized spacial score (nSPS) is 13.1. The van der Waals surface area contributed by atoms with Crippen LogP contribution in [0.25, 0.3) is 22.6 Å². The van der Waals surface area contributed by atoms with Gasteiger partial charge in [-0.3, -0.25) is 9.13 Å². The van der Waals surface area contributed by atoms with Crippen LogP contribution in [-0.4, -0.2) is 27.7 Å². The van der Waals surface area contributed by atoms with Gasteiger partial charge in [-0.25, -0.2) is 0 Å². The lowest BCUT2D eigenvalue weighted by Gasteiger charge is -2.13. The first kappa shape index (κ1) is 27.3. The quantitative estimate of drug-likeness (QED) is 0.230. The Hall–Kier alpha value is -4.24. The number of aromatic nitrogens is 4. The van der Waals surface area contributed by atoms with Crippen molar-refractivity contribution in [1.29, 1.82) is 0 Å². The molecule has 15 heteroatoms. The van der Waals surface area contributed by atoms with Gasteiger partial charge in [0.15, 0.2) is 0 Å². The van der Waals surface area contributed by atoms with Crippen molar-refractivity contribution in [2.24, 2.45) is 4.40 Å². The van der Waals surface area contributed by atoms with Crippen LogP contribution in [0.5, 0.6) is 0 Å². The molecule has 0 saturated heterocycles. The number of alkyl halides is 6. The highest BCUT2D eigenvalue weighted by Crippen LogP contribution is 2.36. The SMILES string of the molecule is O=S(=O)(/N=c1\scc(-c2ccccc2)n1-c1ccccc1)c1ccc(-n2c(C(F)(F)F)nnc2C(F)(F)F)cc1. The Morgan fingerprint density at radius 1 is 0.675 bits per heavy atom. The molecular formula is C25H15F6N5O2S2. The molecule has 7 nitrogen and oxygen atoms in total. The topological polar surface area (TPSA) is 82.1 Å². The highest BCUT2D eigenvalue weighted by atomic mass is 32.2. The van der Waals surface area contributed by atoms with Crippen molar-refractivity contribution in [2.45, 2.75) is 17.2 Å². The van der Waals surface area contributed by atoms with Crippen LogP contribution in [0.1, 0.15) is 11.6 Å². The van der Waals surface area contributed by atoms with Gasteiger partial charge in [-0.1, -0.05) is 48.5 Å². The Balaban J connectivity index is 1.61. The van der Waals surface area contributed by atoms with Gasteiger partial charge in [0.1, 0.15) is 0 Å². The third-order valence-corrected chi connectivity index (χ3v) is 7.78. The molecule has 206 valence electrons. The second kappa shape index (κ2) is 10.1. The van der Waals surface area contributed by atoms with Crippen molar-refractivity contribution in [1.82, 2.24) is 19.3 Å². The molecule has 0 atom stereocenters. The van der Waals surface area contributed by atoms with Crippen molar-refractivity contribution in [3.63, 3.8) is 0 Å². The second-order valence-electron chi connectivity index (χ2n) is 8.18. The summed E-state index contributed by atoms with van der Waals surface area (Å²) in [5.41, 5.74) is 1.44. The van der Waals surface area contributed by atoms with Gasteiger partial charge in [0.2, 0.25) is 16.5 Å². The van der Waals surface area contributed by atoms with Gasteiger partial charge in [-0.2, -0.15) is 34.8 Å². The number of nitrogens with zero attached hydrogens (tertiary/aromatic N) is 5. The Kier molecular flexibility index (Phi) is 6.87. The molecule has 5 aromatic rings. The molecule has 0 saturated carbocycles. The molecule has 0 amide bonds. The summed E-state index contributed by atoms with van der Waals surface area (Å²) in [6, 6.07) is 21.3. The number of halogens is 6. The summed E-state index contributed by atoms with van der Waals surface area (Å²) >= 11 is 1.04. The minimum absolute atomic E-state index is 0.0756. The lowest BCUT2D eigenvalue weighted by atomic mass is 10.1. The van der Waals surface area contributed by atoms with Crippen LogP contribution in [0.4, 0.5) is 26.3 Å². The van der Waals surface area contributed by atoms with Gasteiger partial charge >= 0.3 is 12.4 Å². The van der Waals surface area contributed by atoms with Crippen molar-refractivity contribution in [3.8, 4) is 22.6 Å². The lowest BCUT2D eigenvalue weighted by molar-refractivity contribution is -0.153. The number of rotatable bonds is 5. The number of sulfonamides is 1. The molecule has 2 aromatic heterocycles. The maximum absolute atomic E-state index is 13.3. The van der Waals surface area contributed by atoms with E-state index in [1.165, 1.54) is 0 Å². The van der Waals surface area contributed by atoms with E-state index in [1.807, 2.05) is 30.3 Å². The van der Waals surface area contributed by atoms with Crippen LogP contribution >= 0.6 is 11.3 Å². The number of benzene rings is 3. The van der Waals surface area contributed by atoms with E-state index in [2.05, 4.69) is 14.6 Å². The lowest BCUT2D eigenvalue weighted by Crippen LogP contribution is -2.19. The van der Waals surface area contributed by atoms with E-state index < -0.39 is 44.6 Å². The summed E-state index contributed by atoms with van der Waals surface area (Å²) < 4.78 is 112. The van der Waals surface area contributed by atoms with Crippen molar-refractivity contribution in [2.75, 3.05) is 0 Å². The number of hydrogen-bond acceptors (Lipinski definition) is 5. The van der Waals surface area contributed by atoms with Gasteiger partial charge in [0, 0.05) is 16.8 Å². The van der Waals surface area contributed by atoms with Gasteiger partial charge in [-0.15, -0.1) is 25.9 Å². The second-order valence-corrected chi connectivity index (χ2v) is 10.6. The summed E-state index contributed by atoms with van der Waals surface area (Å²) in [5.74, 6) is -3.81. The van der Waals surface area contributed by atoms with Crippen LogP contribution in [0.2, 0.25) is 0 Å². The zero-order valence-electron chi connectivity index (χ0n) is 19.8. The third-order valence-electron chi connectivity index (χ3n) is 5.55. The Morgan fingerprint density at radius 2 is 1.18 bits per heavy atom. The van der Waals surface area contributed by atoms with Gasteiger partial charge in [0.05, 0.1) is 10.6 Å². The molecule has 2 heterocycles. The predicted octanol–water partition coefficient (Wildman–Crippen LogP) is 6.11. The van der Waals surface area contributed by atoms with Gasteiger partial charge < -0.3 is 0 Å². The Labute approximate surface area is 226 Å². The van der Waals surface area contributed by atoms with Crippen LogP contribution in [0.3, 0.4) is 0 Å². The highest BCUT2D eigenvalue weighted by Gasteiger charge is 2.45. The molecule has 5 rings (SSSR count). The molecule has 0 spiro atoms. The molecule has 0 unspecified atom stereocenters. The first-order chi connectivity index (χ1) is 18.9. The van der Waals surface area contributed by atoms with Crippen LogP contribution in [0.15, 0.2) is 99.6 Å². The van der Waals surface area contributed by atoms with E-state index in [1.54, 1.807) is 40.3 Å². The summed E-state index contributed by atoms with van der Waals surface area (Å²) in [6.45, 7) is 0. The fourth-order valence-corrected chi connectivity index (χ4v) is 5.94. The maximum atomic E-state index is 13.3. The average molecular weight is 596 g/mol. The van der Waals surface area contributed by atoms with Crippen molar-refractivity contribution < 1.29 is 34.8 Å². The van der Waals surface area contributed by atoms with Crippen LogP contribution < -0.4 is 4.80 Å². The van der Waals surface area contributed by atoms with E-state index >= 15 is 0 Å². The summed E-state index contributed by atoms with van der Waals surface area (Å²) in [7, 11) is -4.45. The minimum Gasteiger partial charge on any atom is -0.284 e. The fraction of sp³-hybridized carbons (Fsp3) is 0.0800. The monoisotopic (exact) mass is 595 g/mol. The zero-order valence-corrected chi connectivity index (χ0v) is 21.4. The van der Waals surface area contributed by atoms with E-state index in [0.29, 0.717) is 11.4 Å². The summed E-state index contributed by atoms with van der Waals surface area (Å²) in [5, 5.41) is 7.03. The molecule has 3 aromatic carbocycles. The van der Waals surface area contributed by atoms with Gasteiger partial charge in [-0.05, 0) is 42.0 Å². The smallest absolute Gasteiger partial charge is 0.284 e. The van der Waals surface area contributed by atoms with Crippen LogP contribution in [0, 0.1) is 0 Å². The van der Waals surface area contributed by atoms with Crippen molar-refractivity contribution >= 4 is 21.4 Å². The molecule has 0 aliphatic heterocycles. The third kappa shape index (κ3) is 5.29. The molecule has 0 radical (unpaired) electrons. The van der Waals surface area contributed by atoms with E-state index in [9.17, 15) is 34.8 Å². The molecule has 0 bridgehead atoms. The number of para-hydroxylation sites is 1. The van der Waals surface area contributed by atoms with E-state index in [4.69, 9.17) is 0 Å². The van der Waals surface area contributed by atoms with E-state index in [-0.39, 0.29) is 9.37 Å². The predicted molar refractivity (Wildman–Crippen MR) is 133 cm³/mol. The molecule has 0 fully saturated rings. The number of thiazole rings is 1. The average Bonchev–Trinajstić information content (AvgIpc) is 3.55. The maximum Gasteiger partial charge on any atom is 0.452 e. The standard InChI is InChI=1S/C25H15F6N5O2S2/c26-24(27,28)21-32-33-22(25(29,30)31)36(21)18-11-13-19(14-12-18)40(37,38)34-23-35(17-9-5-2-6-10-17)20(15-39-23)16-7-3-1-4-8-16/h1-15H/b34-23-. The van der Waals surface area contributed by atoms with Crippen LogP contribution in [-0.2, 0) is 22.4 Å². The first-order valence-corrected chi connectivity index (χ1v) is 13.5. The molecule has 0 aliphatic rings. The molecule has 0 N–H and O–H groups in total. The van der Waals surface area contributed by atoms with E-state index in [0.717, 1.165) is 41.2 Å². The number of hydrogen-bond donors (Lipinski definition) is 0. The zero-order chi connectivity index (χ0) is 28.7. The Bertz CT molecular complexity index is 1790.